The Morgan fingerprint density at radius 1 is 1.26 bits per heavy atom. The van der Waals surface area contributed by atoms with Crippen molar-refractivity contribution in [2.24, 2.45) is 0 Å². The van der Waals surface area contributed by atoms with E-state index in [0.29, 0.717) is 0 Å². The van der Waals surface area contributed by atoms with E-state index in [4.69, 9.17) is 0 Å². The van der Waals surface area contributed by atoms with Crippen LogP contribution in [0.3, 0.4) is 0 Å². The molecule has 0 spiro atoms. The van der Waals surface area contributed by atoms with Crippen LogP contribution in [0.5, 0.6) is 0 Å². The maximum atomic E-state index is 4.64. The fraction of sp³-hybridized carbons (Fsp3) is 0.400. The van der Waals surface area contributed by atoms with Crippen molar-refractivity contribution in [2.75, 3.05) is 24.5 Å². The molecule has 1 aliphatic heterocycles. The molecule has 0 bridgehead atoms. The molecule has 100 valence electrons. The number of aromatic nitrogens is 1. The molecule has 1 N–H and O–H groups in total. The highest BCUT2D eigenvalue weighted by Gasteiger charge is 2.31. The number of anilines is 1. The minimum atomic E-state index is 0.0852. The molecule has 1 saturated heterocycles. The summed E-state index contributed by atoms with van der Waals surface area (Å²) in [6, 6.07) is 8.38. The van der Waals surface area contributed by atoms with Gasteiger partial charge >= 0.3 is 0 Å². The maximum absolute atomic E-state index is 4.64. The largest absolute Gasteiger partial charge is 0.348 e. The molecule has 0 atom stereocenters. The summed E-state index contributed by atoms with van der Waals surface area (Å²) in [5.41, 5.74) is 0.0852. The van der Waals surface area contributed by atoms with Gasteiger partial charge in [0.25, 0.3) is 0 Å². The van der Waals surface area contributed by atoms with E-state index in [-0.39, 0.29) is 5.54 Å². The quantitative estimate of drug-likeness (QED) is 0.875. The molecular formula is C15H18BrN3. The lowest BCUT2D eigenvalue weighted by Gasteiger charge is -2.44. The van der Waals surface area contributed by atoms with Gasteiger partial charge in [-0.15, -0.1) is 0 Å². The second-order valence-electron chi connectivity index (χ2n) is 5.61. The summed E-state index contributed by atoms with van der Waals surface area (Å²) in [5, 5.41) is 5.89. The molecular weight excluding hydrogens is 302 g/mol. The second-order valence-corrected chi connectivity index (χ2v) is 6.46. The molecule has 3 rings (SSSR count). The molecule has 1 aromatic heterocycles. The van der Waals surface area contributed by atoms with Gasteiger partial charge < -0.3 is 10.2 Å². The number of benzene rings is 1. The predicted molar refractivity (Wildman–Crippen MR) is 83.7 cm³/mol. The normalized spacial score (nSPS) is 18.8. The van der Waals surface area contributed by atoms with E-state index in [1.54, 1.807) is 0 Å². The first kappa shape index (κ1) is 12.9. The van der Waals surface area contributed by atoms with E-state index < -0.39 is 0 Å². The number of fused-ring (bicyclic) bond motifs is 1. The average molecular weight is 320 g/mol. The molecule has 0 unspecified atom stereocenters. The van der Waals surface area contributed by atoms with E-state index in [1.165, 1.54) is 10.8 Å². The highest BCUT2D eigenvalue weighted by molar-refractivity contribution is 9.10. The van der Waals surface area contributed by atoms with Gasteiger partial charge in [0.2, 0.25) is 0 Å². The summed E-state index contributed by atoms with van der Waals surface area (Å²) < 4.78 is 1.13. The van der Waals surface area contributed by atoms with Crippen molar-refractivity contribution in [3.8, 4) is 0 Å². The summed E-state index contributed by atoms with van der Waals surface area (Å²) in [7, 11) is 0. The van der Waals surface area contributed by atoms with Crippen molar-refractivity contribution < 1.29 is 0 Å². The summed E-state index contributed by atoms with van der Waals surface area (Å²) in [6.45, 7) is 7.51. The zero-order valence-corrected chi connectivity index (χ0v) is 12.9. The summed E-state index contributed by atoms with van der Waals surface area (Å²) in [4.78, 5) is 7.06. The Labute approximate surface area is 122 Å². The van der Waals surface area contributed by atoms with Gasteiger partial charge in [-0.3, -0.25) is 0 Å². The van der Waals surface area contributed by atoms with Gasteiger partial charge in [-0.2, -0.15) is 0 Å². The van der Waals surface area contributed by atoms with Crippen LogP contribution in [-0.2, 0) is 0 Å². The zero-order valence-electron chi connectivity index (χ0n) is 11.3. The number of pyridine rings is 1. The van der Waals surface area contributed by atoms with Crippen LogP contribution in [0.1, 0.15) is 13.8 Å². The molecule has 2 heterocycles. The van der Waals surface area contributed by atoms with Crippen LogP contribution in [0.2, 0.25) is 0 Å². The molecule has 0 radical (unpaired) electrons. The molecule has 0 amide bonds. The topological polar surface area (TPSA) is 28.2 Å². The molecule has 4 heteroatoms. The standard InChI is InChI=1S/C15H18BrN3/c1-15(2)10-17-8-9-19(15)14-12-4-3-5-13(16)11(12)6-7-18-14/h3-7,17H,8-10H2,1-2H3. The van der Waals surface area contributed by atoms with Crippen LogP contribution in [0.4, 0.5) is 5.82 Å². The lowest BCUT2D eigenvalue weighted by atomic mass is 9.99. The van der Waals surface area contributed by atoms with E-state index in [0.717, 1.165) is 29.9 Å². The second kappa shape index (κ2) is 4.76. The monoisotopic (exact) mass is 319 g/mol. The Morgan fingerprint density at radius 2 is 2.11 bits per heavy atom. The maximum Gasteiger partial charge on any atom is 0.136 e. The van der Waals surface area contributed by atoms with Gasteiger partial charge in [-0.1, -0.05) is 28.1 Å². The molecule has 0 saturated carbocycles. The number of hydrogen-bond acceptors (Lipinski definition) is 3. The first-order chi connectivity index (χ1) is 9.09. The lowest BCUT2D eigenvalue weighted by Crippen LogP contribution is -2.58. The number of piperazine rings is 1. The molecule has 1 aromatic carbocycles. The molecule has 1 fully saturated rings. The first-order valence-electron chi connectivity index (χ1n) is 6.61. The van der Waals surface area contributed by atoms with Crippen LogP contribution in [0.15, 0.2) is 34.9 Å². The Morgan fingerprint density at radius 3 is 2.89 bits per heavy atom. The molecule has 2 aromatic rings. The lowest BCUT2D eigenvalue weighted by molar-refractivity contribution is 0.379. The Bertz CT molecular complexity index is 609. The van der Waals surface area contributed by atoms with Gasteiger partial charge in [0, 0.05) is 46.6 Å². The average Bonchev–Trinajstić information content (AvgIpc) is 2.39. The fourth-order valence-corrected chi connectivity index (χ4v) is 3.24. The van der Waals surface area contributed by atoms with Gasteiger partial charge in [0.1, 0.15) is 5.82 Å². The van der Waals surface area contributed by atoms with Crippen molar-refractivity contribution in [2.45, 2.75) is 19.4 Å². The minimum absolute atomic E-state index is 0.0852. The van der Waals surface area contributed by atoms with Gasteiger partial charge in [0.05, 0.1) is 0 Å². The molecule has 3 nitrogen and oxygen atoms in total. The van der Waals surface area contributed by atoms with Crippen molar-refractivity contribution in [3.05, 3.63) is 34.9 Å². The van der Waals surface area contributed by atoms with Crippen molar-refractivity contribution in [3.63, 3.8) is 0 Å². The van der Waals surface area contributed by atoms with Crippen LogP contribution in [0, 0.1) is 0 Å². The number of halogens is 1. The van der Waals surface area contributed by atoms with Crippen LogP contribution >= 0.6 is 15.9 Å². The van der Waals surface area contributed by atoms with E-state index in [2.05, 4.69) is 69.2 Å². The molecule has 0 aliphatic carbocycles. The van der Waals surface area contributed by atoms with Gasteiger partial charge in [-0.25, -0.2) is 4.98 Å². The molecule has 19 heavy (non-hydrogen) atoms. The highest BCUT2D eigenvalue weighted by Crippen LogP contribution is 2.33. The third kappa shape index (κ3) is 2.23. The van der Waals surface area contributed by atoms with E-state index in [9.17, 15) is 0 Å². The fourth-order valence-electron chi connectivity index (χ4n) is 2.74. The zero-order chi connectivity index (χ0) is 13.5. The third-order valence-electron chi connectivity index (χ3n) is 3.79. The molecule has 1 aliphatic rings. The van der Waals surface area contributed by atoms with E-state index >= 15 is 0 Å². The van der Waals surface area contributed by atoms with Crippen molar-refractivity contribution in [1.29, 1.82) is 0 Å². The summed E-state index contributed by atoms with van der Waals surface area (Å²) in [5.74, 6) is 1.09. The minimum Gasteiger partial charge on any atom is -0.348 e. The summed E-state index contributed by atoms with van der Waals surface area (Å²) >= 11 is 3.62. The number of hydrogen-bond donors (Lipinski definition) is 1. The smallest absolute Gasteiger partial charge is 0.136 e. The number of rotatable bonds is 1. The first-order valence-corrected chi connectivity index (χ1v) is 7.40. The van der Waals surface area contributed by atoms with Crippen molar-refractivity contribution in [1.82, 2.24) is 10.3 Å². The number of nitrogens with one attached hydrogen (secondary N) is 1. The Kier molecular flexibility index (Phi) is 3.23. The Hall–Kier alpha value is -1.13. The van der Waals surface area contributed by atoms with E-state index in [1.807, 2.05) is 6.20 Å². The summed E-state index contributed by atoms with van der Waals surface area (Å²) in [6.07, 6.45) is 1.90. The highest BCUT2D eigenvalue weighted by atomic mass is 79.9. The van der Waals surface area contributed by atoms with Gasteiger partial charge in [-0.05, 0) is 26.0 Å². The van der Waals surface area contributed by atoms with Crippen molar-refractivity contribution >= 4 is 32.5 Å². The van der Waals surface area contributed by atoms with Gasteiger partial charge in [0.15, 0.2) is 0 Å². The SMILES string of the molecule is CC1(C)CNCCN1c1nccc2c(Br)cccc12. The van der Waals surface area contributed by atoms with Crippen LogP contribution < -0.4 is 10.2 Å². The Balaban J connectivity index is 2.17. The van der Waals surface area contributed by atoms with Crippen LogP contribution in [0.25, 0.3) is 10.8 Å². The third-order valence-corrected chi connectivity index (χ3v) is 4.48. The van der Waals surface area contributed by atoms with Crippen LogP contribution in [-0.4, -0.2) is 30.2 Å². The number of nitrogens with zero attached hydrogens (tertiary/aromatic N) is 2. The predicted octanol–water partition coefficient (Wildman–Crippen LogP) is 3.19.